The summed E-state index contributed by atoms with van der Waals surface area (Å²) in [5, 5.41) is 26.5. The molecule has 0 spiro atoms. The second-order valence-electron chi connectivity index (χ2n) is 3.21. The van der Waals surface area contributed by atoms with Crippen molar-refractivity contribution in [3.63, 3.8) is 0 Å². The number of nitrogens with zero attached hydrogens (tertiary/aromatic N) is 3. The Balaban J connectivity index is 3.07. The molecule has 16 heavy (non-hydrogen) atoms. The largest absolute Gasteiger partial charge is 0.198 e. The zero-order chi connectivity index (χ0) is 12.0. The molecule has 1 rings (SSSR count). The van der Waals surface area contributed by atoms with Crippen LogP contribution in [0, 0.1) is 39.9 Å². The highest BCUT2D eigenvalue weighted by Crippen LogP contribution is 2.23. The molecular formula is C13H9N3. The van der Waals surface area contributed by atoms with E-state index in [4.69, 9.17) is 15.8 Å². The van der Waals surface area contributed by atoms with Crippen molar-refractivity contribution in [2.45, 2.75) is 5.92 Å². The molecule has 0 bridgehead atoms. The molecule has 3 nitrogen and oxygen atoms in total. The molecular weight excluding hydrogens is 198 g/mol. The van der Waals surface area contributed by atoms with Gasteiger partial charge in [0.15, 0.2) is 5.92 Å². The van der Waals surface area contributed by atoms with Crippen LogP contribution < -0.4 is 0 Å². The topological polar surface area (TPSA) is 71.4 Å². The summed E-state index contributed by atoms with van der Waals surface area (Å²) in [5.74, 6) is -1.63. The van der Waals surface area contributed by atoms with Gasteiger partial charge in [0.25, 0.3) is 0 Å². The standard InChI is InChI=1S/C13H9N3/c1-2-10-3-5-11(6-4-10)13(9-16)12(7-14)8-15/h2-6,12-13H,1H2. The Hall–Kier alpha value is -2.57. The van der Waals surface area contributed by atoms with E-state index in [1.807, 2.05) is 18.2 Å². The van der Waals surface area contributed by atoms with Gasteiger partial charge < -0.3 is 0 Å². The van der Waals surface area contributed by atoms with E-state index >= 15 is 0 Å². The van der Waals surface area contributed by atoms with E-state index < -0.39 is 11.8 Å². The second-order valence-corrected chi connectivity index (χ2v) is 3.21. The fraction of sp³-hybridized carbons (Fsp3) is 0.154. The van der Waals surface area contributed by atoms with Crippen molar-refractivity contribution in [3.05, 3.63) is 42.0 Å². The van der Waals surface area contributed by atoms with Crippen molar-refractivity contribution in [1.82, 2.24) is 0 Å². The number of hydrogen-bond donors (Lipinski definition) is 0. The third-order valence-corrected chi connectivity index (χ3v) is 2.28. The smallest absolute Gasteiger partial charge is 0.153 e. The van der Waals surface area contributed by atoms with Gasteiger partial charge >= 0.3 is 0 Å². The van der Waals surface area contributed by atoms with Crippen LogP contribution in [0.4, 0.5) is 0 Å². The van der Waals surface area contributed by atoms with Crippen molar-refractivity contribution in [3.8, 4) is 18.2 Å². The average Bonchev–Trinajstić information content (AvgIpc) is 2.36. The van der Waals surface area contributed by atoms with Crippen LogP contribution in [-0.2, 0) is 0 Å². The molecule has 76 valence electrons. The number of nitriles is 3. The van der Waals surface area contributed by atoms with E-state index in [9.17, 15) is 0 Å². The Morgan fingerprint density at radius 2 is 1.56 bits per heavy atom. The van der Waals surface area contributed by atoms with Crippen LogP contribution in [0.3, 0.4) is 0 Å². The van der Waals surface area contributed by atoms with Crippen LogP contribution >= 0.6 is 0 Å². The van der Waals surface area contributed by atoms with Crippen LogP contribution in [0.2, 0.25) is 0 Å². The molecule has 0 heterocycles. The van der Waals surface area contributed by atoms with E-state index in [1.54, 1.807) is 30.3 Å². The summed E-state index contributed by atoms with van der Waals surface area (Å²) in [6.07, 6.45) is 1.69. The van der Waals surface area contributed by atoms with Gasteiger partial charge in [0.2, 0.25) is 0 Å². The maximum atomic E-state index is 8.97. The van der Waals surface area contributed by atoms with Crippen molar-refractivity contribution in [2.75, 3.05) is 0 Å². The summed E-state index contributed by atoms with van der Waals surface area (Å²) in [6, 6.07) is 12.7. The molecule has 0 saturated heterocycles. The Kier molecular flexibility index (Phi) is 3.84. The molecule has 1 aromatic carbocycles. The first-order chi connectivity index (χ1) is 7.76. The summed E-state index contributed by atoms with van der Waals surface area (Å²) < 4.78 is 0. The van der Waals surface area contributed by atoms with Crippen LogP contribution in [0.5, 0.6) is 0 Å². The minimum absolute atomic E-state index is 0.682. The van der Waals surface area contributed by atoms with Gasteiger partial charge in [-0.3, -0.25) is 0 Å². The van der Waals surface area contributed by atoms with Crippen molar-refractivity contribution in [2.24, 2.45) is 5.92 Å². The quantitative estimate of drug-likeness (QED) is 0.764. The lowest BCUT2D eigenvalue weighted by molar-refractivity contribution is 0.744. The van der Waals surface area contributed by atoms with Crippen LogP contribution in [0.25, 0.3) is 6.08 Å². The highest BCUT2D eigenvalue weighted by Gasteiger charge is 2.22. The lowest BCUT2D eigenvalue weighted by Crippen LogP contribution is -2.07. The van der Waals surface area contributed by atoms with E-state index in [0.29, 0.717) is 5.56 Å². The minimum atomic E-state index is -0.931. The molecule has 0 aliphatic rings. The fourth-order valence-electron chi connectivity index (χ4n) is 1.36. The third-order valence-electron chi connectivity index (χ3n) is 2.28. The van der Waals surface area contributed by atoms with Gasteiger partial charge in [-0.25, -0.2) is 0 Å². The Labute approximate surface area is 94.5 Å². The molecule has 1 aromatic rings. The summed E-state index contributed by atoms with van der Waals surface area (Å²) in [5.41, 5.74) is 1.62. The molecule has 0 saturated carbocycles. The molecule has 1 atom stereocenters. The minimum Gasteiger partial charge on any atom is -0.198 e. The summed E-state index contributed by atoms with van der Waals surface area (Å²) in [6.45, 7) is 3.62. The van der Waals surface area contributed by atoms with Gasteiger partial charge in [0.1, 0.15) is 5.92 Å². The maximum Gasteiger partial charge on any atom is 0.153 e. The van der Waals surface area contributed by atoms with Crippen molar-refractivity contribution < 1.29 is 0 Å². The second kappa shape index (κ2) is 5.35. The normalized spacial score (nSPS) is 10.9. The molecule has 0 aromatic heterocycles. The molecule has 3 heteroatoms. The van der Waals surface area contributed by atoms with Crippen molar-refractivity contribution in [1.29, 1.82) is 15.8 Å². The summed E-state index contributed by atoms with van der Waals surface area (Å²) in [4.78, 5) is 0. The molecule has 1 unspecified atom stereocenters. The molecule has 0 aliphatic heterocycles. The first kappa shape index (κ1) is 11.5. The number of hydrogen-bond acceptors (Lipinski definition) is 3. The SMILES string of the molecule is C=Cc1ccc(C(C#N)C(C#N)C#N)cc1. The van der Waals surface area contributed by atoms with Gasteiger partial charge in [0, 0.05) is 0 Å². The zero-order valence-corrected chi connectivity index (χ0v) is 8.59. The van der Waals surface area contributed by atoms with Gasteiger partial charge in [-0.2, -0.15) is 15.8 Å². The monoisotopic (exact) mass is 207 g/mol. The Bertz CT molecular complexity index is 480. The number of benzene rings is 1. The van der Waals surface area contributed by atoms with Gasteiger partial charge in [-0.05, 0) is 11.1 Å². The Morgan fingerprint density at radius 1 is 1.00 bits per heavy atom. The van der Waals surface area contributed by atoms with Gasteiger partial charge in [-0.15, -0.1) is 0 Å². The lowest BCUT2D eigenvalue weighted by Gasteiger charge is -2.09. The Morgan fingerprint density at radius 3 is 1.94 bits per heavy atom. The summed E-state index contributed by atoms with van der Waals surface area (Å²) in [7, 11) is 0. The highest BCUT2D eigenvalue weighted by molar-refractivity contribution is 5.48. The predicted octanol–water partition coefficient (Wildman–Crippen LogP) is 2.60. The lowest BCUT2D eigenvalue weighted by atomic mass is 9.88. The first-order valence-corrected chi connectivity index (χ1v) is 4.68. The number of rotatable bonds is 3. The third kappa shape index (κ3) is 2.27. The molecule has 0 N–H and O–H groups in total. The molecule has 0 fully saturated rings. The van der Waals surface area contributed by atoms with Gasteiger partial charge in [-0.1, -0.05) is 36.9 Å². The maximum absolute atomic E-state index is 8.97. The predicted molar refractivity (Wildman–Crippen MR) is 59.6 cm³/mol. The molecule has 0 radical (unpaired) electrons. The van der Waals surface area contributed by atoms with E-state index in [1.165, 1.54) is 0 Å². The van der Waals surface area contributed by atoms with E-state index in [-0.39, 0.29) is 0 Å². The average molecular weight is 207 g/mol. The molecule has 0 amide bonds. The summed E-state index contributed by atoms with van der Waals surface area (Å²) >= 11 is 0. The molecule has 0 aliphatic carbocycles. The fourth-order valence-corrected chi connectivity index (χ4v) is 1.36. The zero-order valence-electron chi connectivity index (χ0n) is 8.59. The van der Waals surface area contributed by atoms with Crippen LogP contribution in [0.15, 0.2) is 30.8 Å². The van der Waals surface area contributed by atoms with E-state index in [0.717, 1.165) is 5.56 Å². The van der Waals surface area contributed by atoms with Crippen molar-refractivity contribution >= 4 is 6.08 Å². The van der Waals surface area contributed by atoms with Crippen LogP contribution in [0.1, 0.15) is 17.0 Å². The first-order valence-electron chi connectivity index (χ1n) is 4.68. The van der Waals surface area contributed by atoms with Crippen LogP contribution in [-0.4, -0.2) is 0 Å². The highest BCUT2D eigenvalue weighted by atomic mass is 14.4. The van der Waals surface area contributed by atoms with E-state index in [2.05, 4.69) is 6.58 Å². The van der Waals surface area contributed by atoms with Gasteiger partial charge in [0.05, 0.1) is 18.2 Å².